The maximum absolute atomic E-state index is 8.92. The van der Waals surface area contributed by atoms with E-state index < -0.39 is 7.12 Å². The molecule has 4 heteroatoms. The highest BCUT2D eigenvalue weighted by Gasteiger charge is 2.10. The first kappa shape index (κ1) is 8.22. The van der Waals surface area contributed by atoms with Crippen molar-refractivity contribution >= 4 is 23.4 Å². The molecule has 3 nitrogen and oxygen atoms in total. The number of hydrogen-bond donors (Lipinski definition) is 2. The maximum Gasteiger partial charge on any atom is 0.488 e. The lowest BCUT2D eigenvalue weighted by atomic mass is 9.79. The Bertz CT molecular complexity index is 431. The fraction of sp³-hybridized carbons (Fsp3) is 0. The molecule has 0 saturated carbocycles. The van der Waals surface area contributed by atoms with Crippen LogP contribution in [0.5, 0.6) is 0 Å². The largest absolute Gasteiger partial charge is 0.488 e. The first-order valence-electron chi connectivity index (χ1n) is 3.97. The fourth-order valence-corrected chi connectivity index (χ4v) is 1.26. The lowest BCUT2D eigenvalue weighted by Crippen LogP contribution is -2.29. The van der Waals surface area contributed by atoms with Crippen LogP contribution in [-0.2, 0) is 0 Å². The molecule has 0 bridgehead atoms. The molecule has 0 aliphatic rings. The molecule has 0 saturated heterocycles. The van der Waals surface area contributed by atoms with Gasteiger partial charge in [-0.2, -0.15) is 0 Å². The Balaban J connectivity index is 2.62. The van der Waals surface area contributed by atoms with Crippen molar-refractivity contribution in [3.63, 3.8) is 0 Å². The SMILES string of the molecule is OB(O)c1ccc2cnccc2c1. The molecule has 0 spiro atoms. The second-order valence-corrected chi connectivity index (χ2v) is 2.86. The minimum absolute atomic E-state index is 0.499. The molecule has 1 aromatic carbocycles. The van der Waals surface area contributed by atoms with Gasteiger partial charge in [0.05, 0.1) is 0 Å². The highest BCUT2D eigenvalue weighted by atomic mass is 16.4. The normalized spacial score (nSPS) is 10.3. The first-order chi connectivity index (χ1) is 6.27. The van der Waals surface area contributed by atoms with Gasteiger partial charge in [-0.15, -0.1) is 0 Å². The summed E-state index contributed by atoms with van der Waals surface area (Å²) in [6.45, 7) is 0. The van der Waals surface area contributed by atoms with Gasteiger partial charge in [0.1, 0.15) is 0 Å². The van der Waals surface area contributed by atoms with Gasteiger partial charge in [0.2, 0.25) is 0 Å². The molecule has 1 aromatic heterocycles. The van der Waals surface area contributed by atoms with E-state index >= 15 is 0 Å². The Labute approximate surface area is 75.8 Å². The van der Waals surface area contributed by atoms with Gasteiger partial charge in [-0.25, -0.2) is 0 Å². The van der Waals surface area contributed by atoms with Gasteiger partial charge in [0.25, 0.3) is 0 Å². The molecule has 0 fully saturated rings. The van der Waals surface area contributed by atoms with Crippen molar-refractivity contribution in [2.24, 2.45) is 0 Å². The standard InChI is InChI=1S/C9H8BNO2/c12-10(13)9-2-1-8-6-11-4-3-7(8)5-9/h1-6,12-13H. The van der Waals surface area contributed by atoms with Crippen LogP contribution in [0.3, 0.4) is 0 Å². The first-order valence-corrected chi connectivity index (χ1v) is 3.97. The van der Waals surface area contributed by atoms with Crippen LogP contribution in [0.15, 0.2) is 36.7 Å². The van der Waals surface area contributed by atoms with E-state index in [1.165, 1.54) is 0 Å². The minimum atomic E-state index is -1.41. The lowest BCUT2D eigenvalue weighted by Gasteiger charge is -2.00. The maximum atomic E-state index is 8.92. The molecule has 0 aliphatic carbocycles. The summed E-state index contributed by atoms with van der Waals surface area (Å²) in [5.41, 5.74) is 0.499. The van der Waals surface area contributed by atoms with E-state index in [2.05, 4.69) is 4.98 Å². The van der Waals surface area contributed by atoms with Crippen molar-refractivity contribution < 1.29 is 10.0 Å². The van der Waals surface area contributed by atoms with Crippen molar-refractivity contribution in [1.29, 1.82) is 0 Å². The summed E-state index contributed by atoms with van der Waals surface area (Å²) in [6, 6.07) is 7.06. The molecule has 13 heavy (non-hydrogen) atoms. The van der Waals surface area contributed by atoms with E-state index in [4.69, 9.17) is 10.0 Å². The second kappa shape index (κ2) is 3.16. The van der Waals surface area contributed by atoms with Gasteiger partial charge in [-0.3, -0.25) is 4.98 Å². The van der Waals surface area contributed by atoms with Crippen LogP contribution in [0.4, 0.5) is 0 Å². The Hall–Kier alpha value is -1.39. The van der Waals surface area contributed by atoms with Crippen LogP contribution in [-0.4, -0.2) is 22.2 Å². The van der Waals surface area contributed by atoms with E-state index in [-0.39, 0.29) is 0 Å². The van der Waals surface area contributed by atoms with Crippen molar-refractivity contribution in [1.82, 2.24) is 4.98 Å². The molecule has 1 heterocycles. The molecular weight excluding hydrogens is 165 g/mol. The zero-order chi connectivity index (χ0) is 9.26. The van der Waals surface area contributed by atoms with E-state index in [9.17, 15) is 0 Å². The van der Waals surface area contributed by atoms with E-state index in [0.717, 1.165) is 10.8 Å². The summed E-state index contributed by atoms with van der Waals surface area (Å²) >= 11 is 0. The van der Waals surface area contributed by atoms with Crippen molar-refractivity contribution in [3.8, 4) is 0 Å². The van der Waals surface area contributed by atoms with Gasteiger partial charge in [-0.1, -0.05) is 18.2 Å². The topological polar surface area (TPSA) is 53.4 Å². The average Bonchev–Trinajstić information content (AvgIpc) is 2.17. The molecule has 2 N–H and O–H groups in total. The molecule has 64 valence electrons. The fourth-order valence-electron chi connectivity index (χ4n) is 1.26. The van der Waals surface area contributed by atoms with Gasteiger partial charge >= 0.3 is 7.12 Å². The Kier molecular flexibility index (Phi) is 2.00. The highest BCUT2D eigenvalue weighted by Crippen LogP contribution is 2.09. The average molecular weight is 173 g/mol. The van der Waals surface area contributed by atoms with Crippen molar-refractivity contribution in [2.45, 2.75) is 0 Å². The zero-order valence-corrected chi connectivity index (χ0v) is 6.88. The number of pyridine rings is 1. The molecular formula is C9H8BNO2. The van der Waals surface area contributed by atoms with Crippen LogP contribution in [0.25, 0.3) is 10.8 Å². The Morgan fingerprint density at radius 1 is 1.08 bits per heavy atom. The number of aromatic nitrogens is 1. The molecule has 0 radical (unpaired) electrons. The number of hydrogen-bond acceptors (Lipinski definition) is 3. The highest BCUT2D eigenvalue weighted by molar-refractivity contribution is 6.58. The van der Waals surface area contributed by atoms with Crippen LogP contribution in [0.1, 0.15) is 0 Å². The molecule has 0 aliphatic heterocycles. The zero-order valence-electron chi connectivity index (χ0n) is 6.88. The van der Waals surface area contributed by atoms with Crippen LogP contribution in [0.2, 0.25) is 0 Å². The van der Waals surface area contributed by atoms with E-state index in [1.54, 1.807) is 24.5 Å². The summed E-state index contributed by atoms with van der Waals surface area (Å²) in [6.07, 6.45) is 3.42. The summed E-state index contributed by atoms with van der Waals surface area (Å²) < 4.78 is 0. The number of fused-ring (bicyclic) bond motifs is 1. The second-order valence-electron chi connectivity index (χ2n) is 2.86. The van der Waals surface area contributed by atoms with Crippen LogP contribution >= 0.6 is 0 Å². The predicted molar refractivity (Wildman–Crippen MR) is 51.6 cm³/mol. The van der Waals surface area contributed by atoms with Gasteiger partial charge in [0, 0.05) is 12.4 Å². The van der Waals surface area contributed by atoms with Gasteiger partial charge in [-0.05, 0) is 22.3 Å². The van der Waals surface area contributed by atoms with Crippen molar-refractivity contribution in [3.05, 3.63) is 36.7 Å². The van der Waals surface area contributed by atoms with E-state index in [0.29, 0.717) is 5.46 Å². The molecule has 2 aromatic rings. The summed E-state index contributed by atoms with van der Waals surface area (Å²) in [5.74, 6) is 0. The smallest absolute Gasteiger partial charge is 0.423 e. The third kappa shape index (κ3) is 1.54. The lowest BCUT2D eigenvalue weighted by molar-refractivity contribution is 0.426. The van der Waals surface area contributed by atoms with Gasteiger partial charge < -0.3 is 10.0 Å². The number of benzene rings is 1. The number of rotatable bonds is 1. The molecule has 2 rings (SSSR count). The quantitative estimate of drug-likeness (QED) is 0.592. The van der Waals surface area contributed by atoms with Crippen molar-refractivity contribution in [2.75, 3.05) is 0 Å². The Morgan fingerprint density at radius 3 is 2.69 bits per heavy atom. The molecule has 0 amide bonds. The van der Waals surface area contributed by atoms with Crippen LogP contribution < -0.4 is 5.46 Å². The summed E-state index contributed by atoms with van der Waals surface area (Å²) in [7, 11) is -1.41. The predicted octanol–water partition coefficient (Wildman–Crippen LogP) is -0.0854. The number of nitrogens with zero attached hydrogens (tertiary/aromatic N) is 1. The third-order valence-electron chi connectivity index (χ3n) is 1.96. The molecule has 0 unspecified atom stereocenters. The summed E-state index contributed by atoms with van der Waals surface area (Å²) in [4.78, 5) is 3.96. The third-order valence-corrected chi connectivity index (χ3v) is 1.96. The van der Waals surface area contributed by atoms with Crippen LogP contribution in [0, 0.1) is 0 Å². The summed E-state index contributed by atoms with van der Waals surface area (Å²) in [5, 5.41) is 19.8. The molecule has 0 atom stereocenters. The Morgan fingerprint density at radius 2 is 1.92 bits per heavy atom. The van der Waals surface area contributed by atoms with Gasteiger partial charge in [0.15, 0.2) is 0 Å². The minimum Gasteiger partial charge on any atom is -0.423 e. The van der Waals surface area contributed by atoms with E-state index in [1.807, 2.05) is 12.1 Å². The monoisotopic (exact) mass is 173 g/mol.